The van der Waals surface area contributed by atoms with Crippen LogP contribution >= 0.6 is 0 Å². The van der Waals surface area contributed by atoms with Gasteiger partial charge < -0.3 is 9.84 Å². The van der Waals surface area contributed by atoms with Crippen molar-refractivity contribution < 1.29 is 19.4 Å². The van der Waals surface area contributed by atoms with E-state index in [0.29, 0.717) is 13.0 Å². The molecule has 18 heavy (non-hydrogen) atoms. The summed E-state index contributed by atoms with van der Waals surface area (Å²) in [6.07, 6.45) is 3.62. The monoisotopic (exact) mass is 252 g/mol. The van der Waals surface area contributed by atoms with Crippen LogP contribution in [-0.2, 0) is 20.7 Å². The number of ether oxygens (including phenoxy) is 1. The van der Waals surface area contributed by atoms with Crippen LogP contribution in [0.2, 0.25) is 0 Å². The summed E-state index contributed by atoms with van der Waals surface area (Å²) in [6, 6.07) is 9.68. The molecule has 0 aromatic heterocycles. The van der Waals surface area contributed by atoms with Crippen LogP contribution in [0.3, 0.4) is 0 Å². The molecule has 0 aliphatic rings. The molecular formula is C14H20O4. The summed E-state index contributed by atoms with van der Waals surface area (Å²) in [5.41, 5.74) is 1.01. The van der Waals surface area contributed by atoms with E-state index in [2.05, 4.69) is 6.92 Å². The largest absolute Gasteiger partial charge is 0.483 e. The Morgan fingerprint density at radius 1 is 1.28 bits per heavy atom. The highest BCUT2D eigenvalue weighted by Gasteiger charge is 2.03. The maximum absolute atomic E-state index is 11.4. The SMILES string of the molecule is CCCCCOC(=O)Cc1ccccc1.O=CO. The molecule has 0 heterocycles. The van der Waals surface area contributed by atoms with Crippen molar-refractivity contribution in [3.63, 3.8) is 0 Å². The van der Waals surface area contributed by atoms with Crippen LogP contribution < -0.4 is 0 Å². The average molecular weight is 252 g/mol. The van der Waals surface area contributed by atoms with Gasteiger partial charge in [0, 0.05) is 0 Å². The summed E-state index contributed by atoms with van der Waals surface area (Å²) in [5, 5.41) is 6.89. The first-order chi connectivity index (χ1) is 8.74. The second-order valence-electron chi connectivity index (χ2n) is 3.70. The van der Waals surface area contributed by atoms with E-state index in [0.717, 1.165) is 24.8 Å². The fourth-order valence-corrected chi connectivity index (χ4v) is 1.35. The summed E-state index contributed by atoms with van der Waals surface area (Å²) < 4.78 is 5.11. The number of unbranched alkanes of at least 4 members (excludes halogenated alkanes) is 2. The molecule has 1 rings (SSSR count). The van der Waals surface area contributed by atoms with Crippen LogP contribution in [-0.4, -0.2) is 24.2 Å². The smallest absolute Gasteiger partial charge is 0.310 e. The normalized spacial score (nSPS) is 8.94. The number of carboxylic acid groups (broad SMARTS) is 1. The van der Waals surface area contributed by atoms with Crippen molar-refractivity contribution in [1.29, 1.82) is 0 Å². The zero-order chi connectivity index (χ0) is 13.6. The number of hydrogen-bond donors (Lipinski definition) is 1. The molecule has 1 aromatic rings. The van der Waals surface area contributed by atoms with Crippen molar-refractivity contribution in [3.05, 3.63) is 35.9 Å². The highest BCUT2D eigenvalue weighted by molar-refractivity contribution is 5.72. The third-order valence-electron chi connectivity index (χ3n) is 2.20. The molecule has 100 valence electrons. The molecule has 0 radical (unpaired) electrons. The first-order valence-corrected chi connectivity index (χ1v) is 6.02. The Kier molecular flexibility index (Phi) is 10.4. The van der Waals surface area contributed by atoms with Crippen molar-refractivity contribution >= 4 is 12.4 Å². The van der Waals surface area contributed by atoms with Gasteiger partial charge in [-0.25, -0.2) is 0 Å². The first-order valence-electron chi connectivity index (χ1n) is 6.02. The molecule has 0 unspecified atom stereocenters. The van der Waals surface area contributed by atoms with Gasteiger partial charge in [-0.05, 0) is 12.0 Å². The molecule has 4 heteroatoms. The number of esters is 1. The predicted octanol–water partition coefficient (Wildman–Crippen LogP) is 2.66. The molecule has 0 aliphatic heterocycles. The first kappa shape index (κ1) is 16.2. The molecule has 0 fully saturated rings. The highest BCUT2D eigenvalue weighted by Crippen LogP contribution is 2.01. The topological polar surface area (TPSA) is 63.6 Å². The number of carbonyl (C=O) groups is 2. The van der Waals surface area contributed by atoms with Crippen molar-refractivity contribution in [2.45, 2.75) is 32.6 Å². The van der Waals surface area contributed by atoms with Gasteiger partial charge in [-0.2, -0.15) is 0 Å². The van der Waals surface area contributed by atoms with Gasteiger partial charge >= 0.3 is 5.97 Å². The lowest BCUT2D eigenvalue weighted by atomic mass is 10.2. The summed E-state index contributed by atoms with van der Waals surface area (Å²) in [7, 11) is 0. The zero-order valence-electron chi connectivity index (χ0n) is 10.7. The third-order valence-corrected chi connectivity index (χ3v) is 2.20. The Morgan fingerprint density at radius 2 is 1.89 bits per heavy atom. The maximum Gasteiger partial charge on any atom is 0.310 e. The van der Waals surface area contributed by atoms with Gasteiger partial charge in [-0.1, -0.05) is 50.1 Å². The fraction of sp³-hybridized carbons (Fsp3) is 0.429. The Bertz CT molecular complexity index is 322. The molecule has 0 aliphatic carbocycles. The number of carbonyl (C=O) groups excluding carboxylic acids is 1. The lowest BCUT2D eigenvalue weighted by Gasteiger charge is -2.03. The molecule has 0 atom stereocenters. The number of benzene rings is 1. The van der Waals surface area contributed by atoms with Gasteiger partial charge in [0.1, 0.15) is 0 Å². The lowest BCUT2D eigenvalue weighted by molar-refractivity contribution is -0.143. The van der Waals surface area contributed by atoms with E-state index in [1.54, 1.807) is 0 Å². The van der Waals surface area contributed by atoms with E-state index < -0.39 is 0 Å². The van der Waals surface area contributed by atoms with E-state index in [1.807, 2.05) is 30.3 Å². The second-order valence-corrected chi connectivity index (χ2v) is 3.70. The molecular weight excluding hydrogens is 232 g/mol. The maximum atomic E-state index is 11.4. The van der Waals surface area contributed by atoms with Crippen LogP contribution in [0.15, 0.2) is 30.3 Å². The molecule has 0 bridgehead atoms. The predicted molar refractivity (Wildman–Crippen MR) is 69.3 cm³/mol. The summed E-state index contributed by atoms with van der Waals surface area (Å²) in [4.78, 5) is 19.7. The Labute approximate surface area is 108 Å². The average Bonchev–Trinajstić information content (AvgIpc) is 2.37. The third kappa shape index (κ3) is 9.39. The van der Waals surface area contributed by atoms with Crippen LogP contribution in [0.1, 0.15) is 31.7 Å². The van der Waals surface area contributed by atoms with Crippen LogP contribution in [0, 0.1) is 0 Å². The van der Waals surface area contributed by atoms with Gasteiger partial charge in [-0.3, -0.25) is 9.59 Å². The molecule has 0 amide bonds. The van der Waals surface area contributed by atoms with E-state index in [-0.39, 0.29) is 12.4 Å². The second kappa shape index (κ2) is 11.6. The van der Waals surface area contributed by atoms with E-state index in [1.165, 1.54) is 0 Å². The minimum atomic E-state index is -0.250. The standard InChI is InChI=1S/C13H18O2.CH2O2/c1-2-3-7-10-15-13(14)11-12-8-5-4-6-9-12;2-1-3/h4-6,8-9H,2-3,7,10-11H2,1H3;1H,(H,2,3). The van der Waals surface area contributed by atoms with E-state index >= 15 is 0 Å². The van der Waals surface area contributed by atoms with Gasteiger partial charge in [0.05, 0.1) is 13.0 Å². The molecule has 4 nitrogen and oxygen atoms in total. The van der Waals surface area contributed by atoms with Crippen molar-refractivity contribution in [2.75, 3.05) is 6.61 Å². The minimum Gasteiger partial charge on any atom is -0.483 e. The van der Waals surface area contributed by atoms with Gasteiger partial charge in [0.25, 0.3) is 6.47 Å². The number of hydrogen-bond acceptors (Lipinski definition) is 3. The number of rotatable bonds is 6. The van der Waals surface area contributed by atoms with Crippen molar-refractivity contribution in [3.8, 4) is 0 Å². The van der Waals surface area contributed by atoms with Crippen molar-refractivity contribution in [1.82, 2.24) is 0 Å². The van der Waals surface area contributed by atoms with Gasteiger partial charge in [0.2, 0.25) is 0 Å². The zero-order valence-corrected chi connectivity index (χ0v) is 10.7. The molecule has 0 spiro atoms. The van der Waals surface area contributed by atoms with Crippen molar-refractivity contribution in [2.24, 2.45) is 0 Å². The van der Waals surface area contributed by atoms with Crippen LogP contribution in [0.5, 0.6) is 0 Å². The minimum absolute atomic E-state index is 0.127. The summed E-state index contributed by atoms with van der Waals surface area (Å²) in [5.74, 6) is -0.127. The molecule has 1 aromatic carbocycles. The van der Waals surface area contributed by atoms with E-state index in [9.17, 15) is 4.79 Å². The van der Waals surface area contributed by atoms with Crippen LogP contribution in [0.25, 0.3) is 0 Å². The Hall–Kier alpha value is -1.84. The molecule has 0 saturated carbocycles. The Balaban J connectivity index is 0.000000873. The molecule has 1 N–H and O–H groups in total. The summed E-state index contributed by atoms with van der Waals surface area (Å²) in [6.45, 7) is 2.44. The van der Waals surface area contributed by atoms with E-state index in [4.69, 9.17) is 14.6 Å². The fourth-order valence-electron chi connectivity index (χ4n) is 1.35. The highest BCUT2D eigenvalue weighted by atomic mass is 16.5. The van der Waals surface area contributed by atoms with Gasteiger partial charge in [0.15, 0.2) is 0 Å². The molecule has 0 saturated heterocycles. The summed E-state index contributed by atoms with van der Waals surface area (Å²) >= 11 is 0. The van der Waals surface area contributed by atoms with Gasteiger partial charge in [-0.15, -0.1) is 0 Å². The Morgan fingerprint density at radius 3 is 2.44 bits per heavy atom. The van der Waals surface area contributed by atoms with Crippen LogP contribution in [0.4, 0.5) is 0 Å². The lowest BCUT2D eigenvalue weighted by Crippen LogP contribution is -2.08. The quantitative estimate of drug-likeness (QED) is 0.480.